The van der Waals surface area contributed by atoms with Crippen LogP contribution in [0.15, 0.2) is 77.9 Å². The van der Waals surface area contributed by atoms with Gasteiger partial charge >= 0.3 is 5.97 Å². The Balaban J connectivity index is 1.56. The molecule has 0 aromatic heterocycles. The summed E-state index contributed by atoms with van der Waals surface area (Å²) in [5.74, 6) is 0.908. The molecule has 3 rings (SSSR count). The summed E-state index contributed by atoms with van der Waals surface area (Å²) >= 11 is 0. The van der Waals surface area contributed by atoms with Gasteiger partial charge in [0.15, 0.2) is 0 Å². The number of nitrogens with zero attached hydrogens (tertiary/aromatic N) is 1. The second-order valence-corrected chi connectivity index (χ2v) is 6.76. The molecule has 7 nitrogen and oxygen atoms in total. The molecule has 0 radical (unpaired) electrons. The van der Waals surface area contributed by atoms with Crippen LogP contribution in [-0.2, 0) is 0 Å². The quantitative estimate of drug-likeness (QED) is 0.233. The average Bonchev–Trinajstić information content (AvgIpc) is 2.83. The van der Waals surface area contributed by atoms with Crippen molar-refractivity contribution in [3.8, 4) is 17.2 Å². The molecule has 0 saturated heterocycles. The Morgan fingerprint density at radius 3 is 2.28 bits per heavy atom. The number of hydrazone groups is 1. The van der Waals surface area contributed by atoms with Gasteiger partial charge in [0.25, 0.3) is 5.91 Å². The molecule has 164 valence electrons. The minimum absolute atomic E-state index is 0.342. The van der Waals surface area contributed by atoms with Crippen molar-refractivity contribution in [1.29, 1.82) is 0 Å². The molecule has 0 spiro atoms. The summed E-state index contributed by atoms with van der Waals surface area (Å²) in [6.45, 7) is 2.66. The van der Waals surface area contributed by atoms with Gasteiger partial charge in [0.2, 0.25) is 0 Å². The molecule has 0 aliphatic rings. The molecule has 0 aliphatic heterocycles. The Bertz CT molecular complexity index is 1080. The van der Waals surface area contributed by atoms with Crippen molar-refractivity contribution in [2.45, 2.75) is 13.3 Å². The molecule has 0 heterocycles. The monoisotopic (exact) mass is 432 g/mol. The third kappa shape index (κ3) is 6.43. The Kier molecular flexibility index (Phi) is 7.97. The van der Waals surface area contributed by atoms with Gasteiger partial charge in [-0.25, -0.2) is 10.2 Å². The van der Waals surface area contributed by atoms with E-state index in [1.807, 2.05) is 6.92 Å². The van der Waals surface area contributed by atoms with Crippen LogP contribution in [0.4, 0.5) is 0 Å². The van der Waals surface area contributed by atoms with E-state index in [9.17, 15) is 9.59 Å². The molecule has 1 N–H and O–H groups in total. The molecule has 0 aliphatic carbocycles. The van der Waals surface area contributed by atoms with Gasteiger partial charge in [-0.3, -0.25) is 4.79 Å². The summed E-state index contributed by atoms with van der Waals surface area (Å²) in [7, 11) is 1.56. The molecule has 3 aromatic rings. The largest absolute Gasteiger partial charge is 0.497 e. The van der Waals surface area contributed by atoms with E-state index >= 15 is 0 Å². The SMILES string of the molecule is CCCOc1ccc(C(=O)N/N=C/c2cccc(OC(=O)c3ccc(OC)cc3)c2)cc1. The predicted molar refractivity (Wildman–Crippen MR) is 122 cm³/mol. The number of hydrogen-bond acceptors (Lipinski definition) is 6. The first-order valence-electron chi connectivity index (χ1n) is 10.1. The van der Waals surface area contributed by atoms with Crippen LogP contribution in [0.3, 0.4) is 0 Å². The van der Waals surface area contributed by atoms with Crippen LogP contribution in [0.1, 0.15) is 39.6 Å². The van der Waals surface area contributed by atoms with Crippen molar-refractivity contribution in [3.05, 3.63) is 89.5 Å². The third-order valence-corrected chi connectivity index (χ3v) is 4.36. The summed E-state index contributed by atoms with van der Waals surface area (Å²) in [6, 6.07) is 20.3. The number of methoxy groups -OCH3 is 1. The first-order chi connectivity index (χ1) is 15.6. The van der Waals surface area contributed by atoms with E-state index in [-0.39, 0.29) is 5.91 Å². The van der Waals surface area contributed by atoms with E-state index < -0.39 is 5.97 Å². The first kappa shape index (κ1) is 22.6. The molecular formula is C25H24N2O5. The Morgan fingerprint density at radius 2 is 1.59 bits per heavy atom. The Labute approximate surface area is 186 Å². The van der Waals surface area contributed by atoms with Crippen LogP contribution in [-0.4, -0.2) is 31.8 Å². The second-order valence-electron chi connectivity index (χ2n) is 6.76. The zero-order chi connectivity index (χ0) is 22.8. The number of rotatable bonds is 9. The fourth-order valence-corrected chi connectivity index (χ4v) is 2.70. The highest BCUT2D eigenvalue weighted by molar-refractivity contribution is 5.95. The van der Waals surface area contributed by atoms with Crippen LogP contribution in [0, 0.1) is 0 Å². The average molecular weight is 432 g/mol. The highest BCUT2D eigenvalue weighted by atomic mass is 16.5. The number of amides is 1. The van der Waals surface area contributed by atoms with Crippen molar-refractivity contribution >= 4 is 18.1 Å². The lowest BCUT2D eigenvalue weighted by Crippen LogP contribution is -2.17. The normalized spacial score (nSPS) is 10.6. The zero-order valence-corrected chi connectivity index (χ0v) is 17.9. The van der Waals surface area contributed by atoms with Crippen LogP contribution in [0.25, 0.3) is 0 Å². The Hall–Kier alpha value is -4.13. The number of esters is 1. The van der Waals surface area contributed by atoms with Gasteiger partial charge in [-0.1, -0.05) is 19.1 Å². The van der Waals surface area contributed by atoms with Crippen LogP contribution in [0.2, 0.25) is 0 Å². The van der Waals surface area contributed by atoms with Gasteiger partial charge in [0, 0.05) is 5.56 Å². The van der Waals surface area contributed by atoms with E-state index in [1.54, 1.807) is 79.9 Å². The van der Waals surface area contributed by atoms with Gasteiger partial charge in [-0.05, 0) is 72.6 Å². The molecule has 0 fully saturated rings. The number of carbonyl (C=O) groups excluding carboxylic acids is 2. The van der Waals surface area contributed by atoms with Gasteiger partial charge in [0.1, 0.15) is 17.2 Å². The lowest BCUT2D eigenvalue weighted by Gasteiger charge is -2.06. The van der Waals surface area contributed by atoms with Crippen molar-refractivity contribution in [3.63, 3.8) is 0 Å². The van der Waals surface area contributed by atoms with Crippen molar-refractivity contribution in [1.82, 2.24) is 5.43 Å². The third-order valence-electron chi connectivity index (χ3n) is 4.36. The fourth-order valence-electron chi connectivity index (χ4n) is 2.70. The second kappa shape index (κ2) is 11.3. The number of benzene rings is 3. The number of carbonyl (C=O) groups is 2. The van der Waals surface area contributed by atoms with Gasteiger partial charge in [0.05, 0.1) is 25.5 Å². The lowest BCUT2D eigenvalue weighted by molar-refractivity contribution is 0.0734. The van der Waals surface area contributed by atoms with E-state index in [2.05, 4.69) is 10.5 Å². The fraction of sp³-hybridized carbons (Fsp3) is 0.160. The molecule has 0 unspecified atom stereocenters. The highest BCUT2D eigenvalue weighted by Gasteiger charge is 2.09. The maximum Gasteiger partial charge on any atom is 0.343 e. The molecular weight excluding hydrogens is 408 g/mol. The van der Waals surface area contributed by atoms with Gasteiger partial charge in [-0.15, -0.1) is 0 Å². The molecule has 0 atom stereocenters. The summed E-state index contributed by atoms with van der Waals surface area (Å²) < 4.78 is 16.0. The summed E-state index contributed by atoms with van der Waals surface area (Å²) in [5, 5.41) is 3.98. The summed E-state index contributed by atoms with van der Waals surface area (Å²) in [4.78, 5) is 24.5. The van der Waals surface area contributed by atoms with E-state index in [1.165, 1.54) is 6.21 Å². The molecule has 3 aromatic carbocycles. The van der Waals surface area contributed by atoms with Gasteiger partial charge in [-0.2, -0.15) is 5.10 Å². The minimum atomic E-state index is -0.485. The molecule has 0 bridgehead atoms. The van der Waals surface area contributed by atoms with Crippen LogP contribution < -0.4 is 19.6 Å². The summed E-state index contributed by atoms with van der Waals surface area (Å²) in [5.41, 5.74) is 4.01. The van der Waals surface area contributed by atoms with Crippen LogP contribution >= 0.6 is 0 Å². The first-order valence-corrected chi connectivity index (χ1v) is 10.1. The van der Waals surface area contributed by atoms with Gasteiger partial charge < -0.3 is 14.2 Å². The maximum absolute atomic E-state index is 12.3. The minimum Gasteiger partial charge on any atom is -0.497 e. The topological polar surface area (TPSA) is 86.2 Å². The maximum atomic E-state index is 12.3. The number of hydrogen-bond donors (Lipinski definition) is 1. The molecule has 0 saturated carbocycles. The summed E-state index contributed by atoms with van der Waals surface area (Å²) in [6.07, 6.45) is 2.39. The molecule has 7 heteroatoms. The van der Waals surface area contributed by atoms with Crippen molar-refractivity contribution in [2.24, 2.45) is 5.10 Å². The van der Waals surface area contributed by atoms with E-state index in [0.29, 0.717) is 40.5 Å². The lowest BCUT2D eigenvalue weighted by atomic mass is 10.2. The number of nitrogens with one attached hydrogen (secondary N) is 1. The van der Waals surface area contributed by atoms with Crippen molar-refractivity contribution < 1.29 is 23.8 Å². The highest BCUT2D eigenvalue weighted by Crippen LogP contribution is 2.17. The van der Waals surface area contributed by atoms with E-state index in [0.717, 1.165) is 6.42 Å². The smallest absolute Gasteiger partial charge is 0.343 e. The zero-order valence-electron chi connectivity index (χ0n) is 17.9. The molecule has 32 heavy (non-hydrogen) atoms. The predicted octanol–water partition coefficient (Wildman–Crippen LogP) is 4.47. The van der Waals surface area contributed by atoms with Crippen LogP contribution in [0.5, 0.6) is 17.2 Å². The van der Waals surface area contributed by atoms with E-state index in [4.69, 9.17) is 14.2 Å². The standard InChI is InChI=1S/C25H24N2O5/c1-3-15-31-22-13-7-19(8-14-22)24(28)27-26-17-18-5-4-6-23(16-18)32-25(29)20-9-11-21(30-2)12-10-20/h4-14,16-17H,3,15H2,1-2H3,(H,27,28)/b26-17+. The molecule has 1 amide bonds. The Morgan fingerprint density at radius 1 is 0.906 bits per heavy atom. The van der Waals surface area contributed by atoms with Crippen molar-refractivity contribution in [2.75, 3.05) is 13.7 Å². The number of ether oxygens (including phenoxy) is 3.